The summed E-state index contributed by atoms with van der Waals surface area (Å²) in [5, 5.41) is 9.19. The van der Waals surface area contributed by atoms with Crippen LogP contribution in [0.15, 0.2) is 41.0 Å². The average Bonchev–Trinajstić information content (AvgIpc) is 3.19. The SMILES string of the molecule is Cc1cc(NC(=O)CC(C)C2CCCNC2)ccc1NC(=O)c1ccco1. The summed E-state index contributed by atoms with van der Waals surface area (Å²) in [5.41, 5.74) is 2.30. The van der Waals surface area contributed by atoms with Crippen molar-refractivity contribution in [3.63, 3.8) is 0 Å². The Labute approximate surface area is 159 Å². The van der Waals surface area contributed by atoms with Gasteiger partial charge in [0.2, 0.25) is 5.91 Å². The van der Waals surface area contributed by atoms with E-state index in [-0.39, 0.29) is 17.6 Å². The first-order chi connectivity index (χ1) is 13.0. The van der Waals surface area contributed by atoms with Gasteiger partial charge in [-0.3, -0.25) is 9.59 Å². The highest BCUT2D eigenvalue weighted by molar-refractivity contribution is 6.02. The molecule has 0 aliphatic carbocycles. The molecule has 0 saturated carbocycles. The van der Waals surface area contributed by atoms with Crippen LogP contribution in [0.2, 0.25) is 0 Å². The molecule has 1 saturated heterocycles. The van der Waals surface area contributed by atoms with E-state index in [9.17, 15) is 9.59 Å². The van der Waals surface area contributed by atoms with Crippen LogP contribution in [0.4, 0.5) is 11.4 Å². The van der Waals surface area contributed by atoms with Gasteiger partial charge in [-0.25, -0.2) is 0 Å². The number of rotatable bonds is 6. The molecule has 3 rings (SSSR count). The number of aryl methyl sites for hydroxylation is 1. The number of carbonyl (C=O) groups is 2. The summed E-state index contributed by atoms with van der Waals surface area (Å²) in [6.07, 6.45) is 4.35. The van der Waals surface area contributed by atoms with Gasteiger partial charge in [-0.1, -0.05) is 6.92 Å². The van der Waals surface area contributed by atoms with Gasteiger partial charge in [-0.2, -0.15) is 0 Å². The van der Waals surface area contributed by atoms with E-state index in [1.54, 1.807) is 24.3 Å². The molecule has 0 spiro atoms. The van der Waals surface area contributed by atoms with Crippen molar-refractivity contribution in [2.45, 2.75) is 33.1 Å². The molecule has 1 aromatic heterocycles. The quantitative estimate of drug-likeness (QED) is 0.723. The Kier molecular flexibility index (Phi) is 6.29. The molecule has 2 unspecified atom stereocenters. The summed E-state index contributed by atoms with van der Waals surface area (Å²) in [4.78, 5) is 24.5. The Morgan fingerprint density at radius 2 is 2.15 bits per heavy atom. The van der Waals surface area contributed by atoms with Crippen LogP contribution in [0, 0.1) is 18.8 Å². The zero-order valence-electron chi connectivity index (χ0n) is 15.9. The van der Waals surface area contributed by atoms with Crippen LogP contribution in [-0.2, 0) is 4.79 Å². The first kappa shape index (κ1) is 19.2. The maximum Gasteiger partial charge on any atom is 0.291 e. The number of piperidine rings is 1. The Bertz CT molecular complexity index is 780. The van der Waals surface area contributed by atoms with E-state index in [1.165, 1.54) is 19.1 Å². The molecule has 1 aromatic carbocycles. The molecule has 0 radical (unpaired) electrons. The summed E-state index contributed by atoms with van der Waals surface area (Å²) >= 11 is 0. The fourth-order valence-electron chi connectivity index (χ4n) is 3.51. The van der Waals surface area contributed by atoms with Crippen LogP contribution in [0.3, 0.4) is 0 Å². The van der Waals surface area contributed by atoms with Crippen LogP contribution >= 0.6 is 0 Å². The Morgan fingerprint density at radius 3 is 2.81 bits per heavy atom. The van der Waals surface area contributed by atoms with Crippen LogP contribution in [0.5, 0.6) is 0 Å². The zero-order chi connectivity index (χ0) is 19.2. The molecule has 2 atom stereocenters. The second-order valence-corrected chi connectivity index (χ2v) is 7.30. The molecule has 6 heteroatoms. The molecule has 6 nitrogen and oxygen atoms in total. The first-order valence-electron chi connectivity index (χ1n) is 9.49. The Balaban J connectivity index is 1.55. The third-order valence-corrected chi connectivity index (χ3v) is 5.15. The van der Waals surface area contributed by atoms with Crippen LogP contribution < -0.4 is 16.0 Å². The molecule has 1 fully saturated rings. The predicted octanol–water partition coefficient (Wildman–Crippen LogP) is 3.80. The van der Waals surface area contributed by atoms with Crippen molar-refractivity contribution in [3.8, 4) is 0 Å². The van der Waals surface area contributed by atoms with E-state index in [2.05, 4.69) is 22.9 Å². The molecular weight excluding hydrogens is 342 g/mol. The summed E-state index contributed by atoms with van der Waals surface area (Å²) in [7, 11) is 0. The first-order valence-corrected chi connectivity index (χ1v) is 9.49. The number of hydrogen-bond acceptors (Lipinski definition) is 4. The lowest BCUT2D eigenvalue weighted by molar-refractivity contribution is -0.117. The lowest BCUT2D eigenvalue weighted by atomic mass is 9.85. The third kappa shape index (κ3) is 5.20. The lowest BCUT2D eigenvalue weighted by Crippen LogP contribution is -2.34. The maximum atomic E-state index is 12.4. The third-order valence-electron chi connectivity index (χ3n) is 5.15. The number of furan rings is 1. The molecule has 144 valence electrons. The number of amides is 2. The molecule has 3 N–H and O–H groups in total. The second kappa shape index (κ2) is 8.86. The molecule has 1 aliphatic rings. The smallest absolute Gasteiger partial charge is 0.291 e. The van der Waals surface area contributed by atoms with Gasteiger partial charge in [0.15, 0.2) is 5.76 Å². The summed E-state index contributed by atoms with van der Waals surface area (Å²) in [6.45, 7) is 6.12. The number of benzene rings is 1. The van der Waals surface area contributed by atoms with Gasteiger partial charge < -0.3 is 20.4 Å². The molecule has 2 aromatic rings. The van der Waals surface area contributed by atoms with Gasteiger partial charge in [-0.15, -0.1) is 0 Å². The molecule has 0 bridgehead atoms. The minimum atomic E-state index is -0.296. The Morgan fingerprint density at radius 1 is 1.30 bits per heavy atom. The highest BCUT2D eigenvalue weighted by Gasteiger charge is 2.22. The monoisotopic (exact) mass is 369 g/mol. The van der Waals surface area contributed by atoms with E-state index in [4.69, 9.17) is 4.42 Å². The van der Waals surface area contributed by atoms with Crippen molar-refractivity contribution in [2.75, 3.05) is 23.7 Å². The minimum Gasteiger partial charge on any atom is -0.459 e. The number of anilines is 2. The van der Waals surface area contributed by atoms with Crippen molar-refractivity contribution in [2.24, 2.45) is 11.8 Å². The van der Waals surface area contributed by atoms with Crippen molar-refractivity contribution >= 4 is 23.2 Å². The summed E-state index contributed by atoms with van der Waals surface area (Å²) < 4.78 is 5.10. The highest BCUT2D eigenvalue weighted by Crippen LogP contribution is 2.24. The van der Waals surface area contributed by atoms with Gasteiger partial charge in [0.05, 0.1) is 6.26 Å². The molecular formula is C21H27N3O3. The van der Waals surface area contributed by atoms with E-state index >= 15 is 0 Å². The molecule has 2 heterocycles. The predicted molar refractivity (Wildman–Crippen MR) is 106 cm³/mol. The number of carbonyl (C=O) groups excluding carboxylic acids is 2. The van der Waals surface area contributed by atoms with Crippen molar-refractivity contribution < 1.29 is 14.0 Å². The van der Waals surface area contributed by atoms with Gasteiger partial charge in [0.25, 0.3) is 5.91 Å². The molecule has 1 aliphatic heterocycles. The zero-order valence-corrected chi connectivity index (χ0v) is 15.9. The molecule has 27 heavy (non-hydrogen) atoms. The standard InChI is InChI=1S/C21H27N3O3/c1-14(16-5-3-9-22-13-16)12-20(25)23-17-7-8-18(15(2)11-17)24-21(26)19-6-4-10-27-19/h4,6-8,10-11,14,16,22H,3,5,9,12-13H2,1-2H3,(H,23,25)(H,24,26). The normalized spacial score (nSPS) is 17.9. The van der Waals surface area contributed by atoms with Gasteiger partial charge >= 0.3 is 0 Å². The number of nitrogens with one attached hydrogen (secondary N) is 3. The van der Waals surface area contributed by atoms with E-state index in [0.29, 0.717) is 23.9 Å². The van der Waals surface area contributed by atoms with Crippen LogP contribution in [-0.4, -0.2) is 24.9 Å². The van der Waals surface area contributed by atoms with Crippen molar-refractivity contribution in [1.29, 1.82) is 0 Å². The second-order valence-electron chi connectivity index (χ2n) is 7.30. The van der Waals surface area contributed by atoms with Crippen LogP contribution in [0.25, 0.3) is 0 Å². The fourth-order valence-corrected chi connectivity index (χ4v) is 3.51. The fraction of sp³-hybridized carbons (Fsp3) is 0.429. The maximum absolute atomic E-state index is 12.4. The highest BCUT2D eigenvalue weighted by atomic mass is 16.3. The van der Waals surface area contributed by atoms with Crippen molar-refractivity contribution in [3.05, 3.63) is 47.9 Å². The van der Waals surface area contributed by atoms with Gasteiger partial charge in [0.1, 0.15) is 0 Å². The Hall–Kier alpha value is -2.60. The van der Waals surface area contributed by atoms with Gasteiger partial charge in [0, 0.05) is 17.8 Å². The largest absolute Gasteiger partial charge is 0.459 e. The minimum absolute atomic E-state index is 0.0276. The van der Waals surface area contributed by atoms with E-state index < -0.39 is 0 Å². The number of hydrogen-bond donors (Lipinski definition) is 3. The van der Waals surface area contributed by atoms with E-state index in [1.807, 2.05) is 13.0 Å². The average molecular weight is 369 g/mol. The van der Waals surface area contributed by atoms with Gasteiger partial charge in [-0.05, 0) is 80.6 Å². The molecule has 2 amide bonds. The lowest BCUT2D eigenvalue weighted by Gasteiger charge is -2.28. The van der Waals surface area contributed by atoms with Crippen molar-refractivity contribution in [1.82, 2.24) is 5.32 Å². The van der Waals surface area contributed by atoms with E-state index in [0.717, 1.165) is 24.3 Å². The van der Waals surface area contributed by atoms with Crippen LogP contribution in [0.1, 0.15) is 42.3 Å². The summed E-state index contributed by atoms with van der Waals surface area (Å²) in [5.74, 6) is 0.906. The summed E-state index contributed by atoms with van der Waals surface area (Å²) in [6, 6.07) is 8.74. The topological polar surface area (TPSA) is 83.4 Å².